The predicted molar refractivity (Wildman–Crippen MR) is 67.6 cm³/mol. The van der Waals surface area contributed by atoms with Crippen molar-refractivity contribution in [1.29, 1.82) is 0 Å². The highest BCUT2D eigenvalue weighted by Gasteiger charge is 2.23. The van der Waals surface area contributed by atoms with Gasteiger partial charge in [-0.1, -0.05) is 25.5 Å². The molecular weight excluding hydrogens is 198 g/mol. The third-order valence-electron chi connectivity index (χ3n) is 3.60. The molecule has 0 saturated heterocycles. The SMILES string of the molecule is Cc1cccc(OC2CCCCC2C)c1N. The molecule has 88 valence electrons. The van der Waals surface area contributed by atoms with E-state index in [4.69, 9.17) is 10.5 Å². The summed E-state index contributed by atoms with van der Waals surface area (Å²) in [6, 6.07) is 6.00. The lowest BCUT2D eigenvalue weighted by atomic mass is 9.88. The average molecular weight is 219 g/mol. The number of nitrogens with two attached hydrogens (primary N) is 1. The molecule has 2 atom stereocenters. The van der Waals surface area contributed by atoms with Crippen molar-refractivity contribution in [2.75, 3.05) is 5.73 Å². The lowest BCUT2D eigenvalue weighted by Crippen LogP contribution is -2.28. The third kappa shape index (κ3) is 2.31. The van der Waals surface area contributed by atoms with Crippen LogP contribution < -0.4 is 10.5 Å². The van der Waals surface area contributed by atoms with Crippen LogP contribution in [-0.2, 0) is 0 Å². The fourth-order valence-electron chi connectivity index (χ4n) is 2.38. The van der Waals surface area contributed by atoms with E-state index in [0.29, 0.717) is 12.0 Å². The monoisotopic (exact) mass is 219 g/mol. The Labute approximate surface area is 97.8 Å². The van der Waals surface area contributed by atoms with E-state index in [-0.39, 0.29) is 0 Å². The van der Waals surface area contributed by atoms with Crippen molar-refractivity contribution in [1.82, 2.24) is 0 Å². The minimum Gasteiger partial charge on any atom is -0.488 e. The maximum Gasteiger partial charge on any atom is 0.142 e. The Morgan fingerprint density at radius 3 is 2.75 bits per heavy atom. The van der Waals surface area contributed by atoms with Gasteiger partial charge in [0.15, 0.2) is 0 Å². The van der Waals surface area contributed by atoms with Crippen LogP contribution >= 0.6 is 0 Å². The van der Waals surface area contributed by atoms with Crippen LogP contribution in [0.4, 0.5) is 5.69 Å². The Hall–Kier alpha value is -1.18. The largest absolute Gasteiger partial charge is 0.488 e. The summed E-state index contributed by atoms with van der Waals surface area (Å²) >= 11 is 0. The van der Waals surface area contributed by atoms with Crippen molar-refractivity contribution in [2.24, 2.45) is 5.92 Å². The van der Waals surface area contributed by atoms with Crippen LogP contribution in [0.5, 0.6) is 5.75 Å². The molecule has 1 aromatic rings. The van der Waals surface area contributed by atoms with Gasteiger partial charge in [0.2, 0.25) is 0 Å². The summed E-state index contributed by atoms with van der Waals surface area (Å²) in [5.74, 6) is 1.51. The molecule has 2 unspecified atom stereocenters. The van der Waals surface area contributed by atoms with Gasteiger partial charge in [0.25, 0.3) is 0 Å². The molecule has 16 heavy (non-hydrogen) atoms. The summed E-state index contributed by atoms with van der Waals surface area (Å²) in [4.78, 5) is 0. The summed E-state index contributed by atoms with van der Waals surface area (Å²) < 4.78 is 6.05. The molecule has 2 nitrogen and oxygen atoms in total. The number of anilines is 1. The standard InChI is InChI=1S/C14H21NO/c1-10-6-3-4-8-12(10)16-13-9-5-7-11(2)14(13)15/h5,7,9-10,12H,3-4,6,8,15H2,1-2H3. The maximum absolute atomic E-state index is 6.05. The summed E-state index contributed by atoms with van der Waals surface area (Å²) in [5, 5.41) is 0. The van der Waals surface area contributed by atoms with E-state index >= 15 is 0 Å². The number of ether oxygens (including phenoxy) is 1. The van der Waals surface area contributed by atoms with E-state index in [1.165, 1.54) is 19.3 Å². The van der Waals surface area contributed by atoms with Gasteiger partial charge in [-0.05, 0) is 43.7 Å². The first-order valence-corrected chi connectivity index (χ1v) is 6.20. The smallest absolute Gasteiger partial charge is 0.142 e. The number of benzene rings is 1. The van der Waals surface area contributed by atoms with Crippen molar-refractivity contribution in [3.63, 3.8) is 0 Å². The maximum atomic E-state index is 6.05. The number of hydrogen-bond acceptors (Lipinski definition) is 2. The Balaban J connectivity index is 2.10. The molecule has 1 fully saturated rings. The van der Waals surface area contributed by atoms with Crippen LogP contribution in [0.1, 0.15) is 38.2 Å². The first kappa shape index (κ1) is 11.3. The molecular formula is C14H21NO. The topological polar surface area (TPSA) is 35.2 Å². The Bertz CT molecular complexity index is 362. The van der Waals surface area contributed by atoms with E-state index in [2.05, 4.69) is 6.92 Å². The van der Waals surface area contributed by atoms with Gasteiger partial charge in [0.05, 0.1) is 5.69 Å². The lowest BCUT2D eigenvalue weighted by Gasteiger charge is -2.29. The molecule has 0 bridgehead atoms. The van der Waals surface area contributed by atoms with E-state index in [1.807, 2.05) is 25.1 Å². The van der Waals surface area contributed by atoms with Gasteiger partial charge >= 0.3 is 0 Å². The van der Waals surface area contributed by atoms with Crippen LogP contribution in [0.2, 0.25) is 0 Å². The van der Waals surface area contributed by atoms with Gasteiger partial charge < -0.3 is 10.5 Å². The van der Waals surface area contributed by atoms with Gasteiger partial charge in [-0.25, -0.2) is 0 Å². The molecule has 1 aliphatic carbocycles. The molecule has 1 aliphatic rings. The first-order valence-electron chi connectivity index (χ1n) is 6.20. The zero-order chi connectivity index (χ0) is 11.5. The molecule has 0 aromatic heterocycles. The predicted octanol–water partition coefficient (Wildman–Crippen LogP) is 3.53. The Morgan fingerprint density at radius 1 is 1.25 bits per heavy atom. The van der Waals surface area contributed by atoms with E-state index in [1.54, 1.807) is 0 Å². The van der Waals surface area contributed by atoms with Crippen LogP contribution in [0, 0.1) is 12.8 Å². The highest BCUT2D eigenvalue weighted by molar-refractivity contribution is 5.57. The number of rotatable bonds is 2. The highest BCUT2D eigenvalue weighted by atomic mass is 16.5. The summed E-state index contributed by atoms with van der Waals surface area (Å²) in [6.07, 6.45) is 5.40. The zero-order valence-electron chi connectivity index (χ0n) is 10.2. The third-order valence-corrected chi connectivity index (χ3v) is 3.60. The van der Waals surface area contributed by atoms with Gasteiger partial charge in [-0.2, -0.15) is 0 Å². The molecule has 0 spiro atoms. The second-order valence-electron chi connectivity index (χ2n) is 4.90. The van der Waals surface area contributed by atoms with Crippen LogP contribution in [0.3, 0.4) is 0 Å². The molecule has 2 rings (SSSR count). The van der Waals surface area contributed by atoms with Crippen molar-refractivity contribution >= 4 is 5.69 Å². The van der Waals surface area contributed by atoms with E-state index in [9.17, 15) is 0 Å². The molecule has 0 aliphatic heterocycles. The number of aryl methyl sites for hydroxylation is 1. The van der Waals surface area contributed by atoms with Crippen molar-refractivity contribution in [3.8, 4) is 5.75 Å². The molecule has 2 heteroatoms. The van der Waals surface area contributed by atoms with Crippen LogP contribution in [-0.4, -0.2) is 6.10 Å². The fraction of sp³-hybridized carbons (Fsp3) is 0.571. The molecule has 1 aromatic carbocycles. The minimum absolute atomic E-state index is 0.345. The lowest BCUT2D eigenvalue weighted by molar-refractivity contribution is 0.103. The zero-order valence-corrected chi connectivity index (χ0v) is 10.2. The summed E-state index contributed by atoms with van der Waals surface area (Å²) in [5.41, 5.74) is 7.91. The second-order valence-corrected chi connectivity index (χ2v) is 4.90. The number of nitrogen functional groups attached to an aromatic ring is 1. The van der Waals surface area contributed by atoms with E-state index in [0.717, 1.165) is 23.4 Å². The van der Waals surface area contributed by atoms with Gasteiger partial charge in [0, 0.05) is 0 Å². The molecule has 2 N–H and O–H groups in total. The van der Waals surface area contributed by atoms with E-state index < -0.39 is 0 Å². The summed E-state index contributed by atoms with van der Waals surface area (Å²) in [7, 11) is 0. The Morgan fingerprint density at radius 2 is 2.00 bits per heavy atom. The first-order chi connectivity index (χ1) is 7.68. The molecule has 0 radical (unpaired) electrons. The number of hydrogen-bond donors (Lipinski definition) is 1. The summed E-state index contributed by atoms with van der Waals surface area (Å²) in [6.45, 7) is 4.29. The normalized spacial score (nSPS) is 25.4. The number of para-hydroxylation sites is 1. The van der Waals surface area contributed by atoms with Crippen molar-refractivity contribution in [3.05, 3.63) is 23.8 Å². The highest BCUT2D eigenvalue weighted by Crippen LogP contribution is 2.31. The minimum atomic E-state index is 0.345. The van der Waals surface area contributed by atoms with Crippen LogP contribution in [0.25, 0.3) is 0 Å². The van der Waals surface area contributed by atoms with Crippen molar-refractivity contribution < 1.29 is 4.74 Å². The van der Waals surface area contributed by atoms with Gasteiger partial charge in [-0.3, -0.25) is 0 Å². The Kier molecular flexibility index (Phi) is 3.37. The molecule has 1 saturated carbocycles. The van der Waals surface area contributed by atoms with Crippen molar-refractivity contribution in [2.45, 2.75) is 45.6 Å². The molecule has 0 amide bonds. The molecule has 0 heterocycles. The quantitative estimate of drug-likeness (QED) is 0.772. The second kappa shape index (κ2) is 4.77. The fourth-order valence-corrected chi connectivity index (χ4v) is 2.38. The van der Waals surface area contributed by atoms with Gasteiger partial charge in [0.1, 0.15) is 11.9 Å². The van der Waals surface area contributed by atoms with Gasteiger partial charge in [-0.15, -0.1) is 0 Å². The average Bonchev–Trinajstić information content (AvgIpc) is 2.28. The van der Waals surface area contributed by atoms with Crippen LogP contribution in [0.15, 0.2) is 18.2 Å².